The highest BCUT2D eigenvalue weighted by atomic mass is 32.1. The van der Waals surface area contributed by atoms with Crippen LogP contribution in [0.2, 0.25) is 0 Å². The van der Waals surface area contributed by atoms with Crippen molar-refractivity contribution in [1.29, 1.82) is 0 Å². The number of anilines is 2. The van der Waals surface area contributed by atoms with E-state index in [2.05, 4.69) is 55.3 Å². The third kappa shape index (κ3) is 3.44. The second-order valence-corrected chi connectivity index (χ2v) is 7.12. The van der Waals surface area contributed by atoms with E-state index < -0.39 is 0 Å². The third-order valence-corrected chi connectivity index (χ3v) is 4.92. The lowest BCUT2D eigenvalue weighted by Gasteiger charge is -2.37. The third-order valence-electron chi connectivity index (χ3n) is 4.62. The van der Waals surface area contributed by atoms with Crippen molar-refractivity contribution < 1.29 is 4.39 Å². The zero-order valence-corrected chi connectivity index (χ0v) is 15.2. The molecule has 0 spiro atoms. The van der Waals surface area contributed by atoms with Gasteiger partial charge in [-0.15, -0.1) is 0 Å². The molecule has 1 unspecified atom stereocenters. The minimum absolute atomic E-state index is 0.189. The Morgan fingerprint density at radius 3 is 2.58 bits per heavy atom. The largest absolute Gasteiger partial charge is 0.332 e. The monoisotopic (exact) mass is 342 g/mol. The molecule has 0 bridgehead atoms. The summed E-state index contributed by atoms with van der Waals surface area (Å²) in [7, 11) is 0. The zero-order valence-electron chi connectivity index (χ0n) is 14.3. The lowest BCUT2D eigenvalue weighted by Crippen LogP contribution is -2.44. The van der Waals surface area contributed by atoms with Crippen LogP contribution in [0.15, 0.2) is 42.5 Å². The average molecular weight is 342 g/mol. The number of hydrogen-bond donors (Lipinski definition) is 1. The summed E-state index contributed by atoms with van der Waals surface area (Å²) < 4.78 is 13.5. The van der Waals surface area contributed by atoms with Crippen molar-refractivity contribution in [1.82, 2.24) is 0 Å². The van der Waals surface area contributed by atoms with Gasteiger partial charge in [0.2, 0.25) is 0 Å². The molecule has 0 saturated carbocycles. The molecule has 0 amide bonds. The van der Waals surface area contributed by atoms with Gasteiger partial charge in [-0.05, 0) is 79.4 Å². The van der Waals surface area contributed by atoms with E-state index in [1.807, 2.05) is 6.07 Å². The van der Waals surface area contributed by atoms with Crippen molar-refractivity contribution in [2.75, 3.05) is 10.2 Å². The van der Waals surface area contributed by atoms with Crippen molar-refractivity contribution in [3.63, 3.8) is 0 Å². The topological polar surface area (TPSA) is 15.3 Å². The maximum Gasteiger partial charge on any atom is 0.178 e. The summed E-state index contributed by atoms with van der Waals surface area (Å²) in [5.41, 5.74) is 4.31. The summed E-state index contributed by atoms with van der Waals surface area (Å²) in [5.74, 6) is 0.321. The summed E-state index contributed by atoms with van der Waals surface area (Å²) in [6, 6.07) is 13.6. The summed E-state index contributed by atoms with van der Waals surface area (Å²) in [6.07, 6.45) is 1.85. The van der Waals surface area contributed by atoms with Gasteiger partial charge in [-0.1, -0.05) is 26.0 Å². The van der Waals surface area contributed by atoms with Crippen LogP contribution in [0.5, 0.6) is 0 Å². The second-order valence-electron chi connectivity index (χ2n) is 6.74. The minimum Gasteiger partial charge on any atom is -0.332 e. The molecule has 0 aliphatic carbocycles. The van der Waals surface area contributed by atoms with Gasteiger partial charge in [-0.2, -0.15) is 0 Å². The molecule has 1 aliphatic rings. The van der Waals surface area contributed by atoms with Crippen molar-refractivity contribution in [2.24, 2.45) is 0 Å². The van der Waals surface area contributed by atoms with Crippen molar-refractivity contribution in [3.8, 4) is 0 Å². The SMILES string of the molecule is CC(C)c1ccc(NC(=S)N2c3ccc(F)cc3CCC2C)cc1. The molecule has 1 heterocycles. The summed E-state index contributed by atoms with van der Waals surface area (Å²) in [6.45, 7) is 6.51. The van der Waals surface area contributed by atoms with E-state index in [-0.39, 0.29) is 11.9 Å². The zero-order chi connectivity index (χ0) is 17.3. The first-order valence-electron chi connectivity index (χ1n) is 8.44. The second kappa shape index (κ2) is 6.89. The predicted octanol–water partition coefficient (Wildman–Crippen LogP) is 5.49. The molecule has 2 nitrogen and oxygen atoms in total. The highest BCUT2D eigenvalue weighted by Crippen LogP contribution is 2.32. The van der Waals surface area contributed by atoms with Gasteiger partial charge in [0.25, 0.3) is 0 Å². The number of hydrogen-bond acceptors (Lipinski definition) is 1. The van der Waals surface area contributed by atoms with Gasteiger partial charge in [0, 0.05) is 17.4 Å². The Kier molecular flexibility index (Phi) is 4.86. The first kappa shape index (κ1) is 16.9. The van der Waals surface area contributed by atoms with Gasteiger partial charge in [0.1, 0.15) is 5.82 Å². The Morgan fingerprint density at radius 2 is 1.92 bits per heavy atom. The molecule has 0 aromatic heterocycles. The first-order chi connectivity index (χ1) is 11.5. The Balaban J connectivity index is 1.82. The van der Waals surface area contributed by atoms with Gasteiger partial charge in [0.05, 0.1) is 0 Å². The first-order valence-corrected chi connectivity index (χ1v) is 8.85. The molecule has 1 N–H and O–H groups in total. The summed E-state index contributed by atoms with van der Waals surface area (Å²) in [4.78, 5) is 2.10. The van der Waals surface area contributed by atoms with Gasteiger partial charge in [0.15, 0.2) is 5.11 Å². The number of benzene rings is 2. The molecular weight excluding hydrogens is 319 g/mol. The van der Waals surface area contributed by atoms with Gasteiger partial charge in [-0.25, -0.2) is 4.39 Å². The van der Waals surface area contributed by atoms with Crippen molar-refractivity contribution in [3.05, 3.63) is 59.4 Å². The van der Waals surface area contributed by atoms with E-state index >= 15 is 0 Å². The quantitative estimate of drug-likeness (QED) is 0.727. The van der Waals surface area contributed by atoms with Crippen LogP contribution in [0.4, 0.5) is 15.8 Å². The average Bonchev–Trinajstić information content (AvgIpc) is 2.55. The smallest absolute Gasteiger partial charge is 0.178 e. The van der Waals surface area contributed by atoms with Crippen LogP contribution < -0.4 is 10.2 Å². The maximum atomic E-state index is 13.5. The molecule has 0 fully saturated rings. The van der Waals surface area contributed by atoms with Gasteiger partial charge >= 0.3 is 0 Å². The van der Waals surface area contributed by atoms with E-state index in [1.54, 1.807) is 6.07 Å². The van der Waals surface area contributed by atoms with Crippen LogP contribution in [0, 0.1) is 5.82 Å². The lowest BCUT2D eigenvalue weighted by molar-refractivity contribution is 0.604. The fourth-order valence-corrected chi connectivity index (χ4v) is 3.56. The van der Waals surface area contributed by atoms with Crippen LogP contribution in [0.1, 0.15) is 44.2 Å². The normalized spacial score (nSPS) is 16.9. The van der Waals surface area contributed by atoms with E-state index in [1.165, 1.54) is 11.6 Å². The molecule has 0 saturated heterocycles. The lowest BCUT2D eigenvalue weighted by atomic mass is 9.97. The van der Waals surface area contributed by atoms with Gasteiger partial charge in [-0.3, -0.25) is 0 Å². The predicted molar refractivity (Wildman–Crippen MR) is 103 cm³/mol. The van der Waals surface area contributed by atoms with Crippen molar-refractivity contribution >= 4 is 28.7 Å². The summed E-state index contributed by atoms with van der Waals surface area (Å²) in [5, 5.41) is 3.99. The fraction of sp³-hybridized carbons (Fsp3) is 0.350. The molecular formula is C20H23FN2S. The Bertz CT molecular complexity index is 740. The molecule has 2 aromatic carbocycles. The number of rotatable bonds is 2. The molecule has 1 atom stereocenters. The van der Waals surface area contributed by atoms with Crippen LogP contribution in [-0.2, 0) is 6.42 Å². The number of thiocarbonyl (C=S) groups is 1. The van der Waals surface area contributed by atoms with E-state index in [9.17, 15) is 4.39 Å². The van der Waals surface area contributed by atoms with Crippen molar-refractivity contribution in [2.45, 2.75) is 45.6 Å². The number of halogens is 1. The maximum absolute atomic E-state index is 13.5. The molecule has 4 heteroatoms. The highest BCUT2D eigenvalue weighted by molar-refractivity contribution is 7.80. The fourth-order valence-electron chi connectivity index (χ4n) is 3.16. The minimum atomic E-state index is -0.189. The Labute approximate surface area is 148 Å². The molecule has 2 aromatic rings. The Hall–Kier alpha value is -1.94. The van der Waals surface area contributed by atoms with Gasteiger partial charge < -0.3 is 10.2 Å². The van der Waals surface area contributed by atoms with Crippen LogP contribution in [-0.4, -0.2) is 11.2 Å². The van der Waals surface area contributed by atoms with E-state index in [4.69, 9.17) is 12.2 Å². The highest BCUT2D eigenvalue weighted by Gasteiger charge is 2.26. The number of aryl methyl sites for hydroxylation is 1. The molecule has 0 radical (unpaired) electrons. The van der Waals surface area contributed by atoms with Crippen LogP contribution in [0.3, 0.4) is 0 Å². The number of fused-ring (bicyclic) bond motifs is 1. The number of nitrogens with zero attached hydrogens (tertiary/aromatic N) is 1. The van der Waals surface area contributed by atoms with E-state index in [0.29, 0.717) is 11.0 Å². The van der Waals surface area contributed by atoms with Crippen LogP contribution >= 0.6 is 12.2 Å². The number of nitrogens with one attached hydrogen (secondary N) is 1. The van der Waals surface area contributed by atoms with E-state index in [0.717, 1.165) is 29.8 Å². The molecule has 1 aliphatic heterocycles. The molecule has 126 valence electrons. The molecule has 3 rings (SSSR count). The molecule has 24 heavy (non-hydrogen) atoms. The Morgan fingerprint density at radius 1 is 1.21 bits per heavy atom. The van der Waals surface area contributed by atoms with Crippen LogP contribution in [0.25, 0.3) is 0 Å². The standard InChI is InChI=1S/C20H23FN2S/c1-13(2)15-6-9-18(10-7-15)22-20(24)23-14(3)4-5-16-12-17(21)8-11-19(16)23/h6-14H,4-5H2,1-3H3,(H,22,24). The summed E-state index contributed by atoms with van der Waals surface area (Å²) >= 11 is 5.65.